The van der Waals surface area contributed by atoms with Crippen molar-refractivity contribution >= 4 is 22.0 Å². The van der Waals surface area contributed by atoms with E-state index in [1.165, 1.54) is 41.2 Å². The first-order chi connectivity index (χ1) is 14.4. The molecule has 12 nitrogen and oxygen atoms in total. The maximum absolute atomic E-state index is 12.7. The van der Waals surface area contributed by atoms with Crippen molar-refractivity contribution in [3.05, 3.63) is 52.3 Å². The number of hydrogen-bond donors (Lipinski definition) is 1. The van der Waals surface area contributed by atoms with Crippen LogP contribution < -0.4 is 5.73 Å². The average Bonchev–Trinajstić information content (AvgIpc) is 3.17. The van der Waals surface area contributed by atoms with Crippen LogP contribution in [-0.2, 0) is 30.3 Å². The Balaban J connectivity index is 1.82. The van der Waals surface area contributed by atoms with Crippen LogP contribution in [0.4, 0.5) is 5.95 Å². The predicted molar refractivity (Wildman–Crippen MR) is 105 cm³/mol. The number of nitro groups is 1. The Morgan fingerprint density at radius 3 is 2.45 bits per heavy atom. The minimum Gasteiger partial charge on any atom is -0.390 e. The highest BCUT2D eigenvalue weighted by atomic mass is 32.2. The van der Waals surface area contributed by atoms with Crippen molar-refractivity contribution in [2.45, 2.75) is 31.1 Å². The SMILES string of the molecule is CC1(C)OCC(COS(=O)(=O)c2ccc(C(N)=O)cc2)(Cn2ccnc2[N+](=O)[O-])CO1. The lowest BCUT2D eigenvalue weighted by molar-refractivity contribution is -0.397. The molecule has 0 spiro atoms. The third kappa shape index (κ3) is 5.25. The van der Waals surface area contributed by atoms with Gasteiger partial charge in [-0.1, -0.05) is 4.98 Å². The maximum atomic E-state index is 12.7. The third-order valence-electron chi connectivity index (χ3n) is 4.76. The van der Waals surface area contributed by atoms with Crippen LogP contribution in [0.1, 0.15) is 24.2 Å². The molecule has 0 unspecified atom stereocenters. The van der Waals surface area contributed by atoms with Gasteiger partial charge in [-0.15, -0.1) is 0 Å². The molecule has 0 atom stereocenters. The van der Waals surface area contributed by atoms with Crippen molar-refractivity contribution in [3.8, 4) is 0 Å². The Bertz CT molecular complexity index is 1070. The summed E-state index contributed by atoms with van der Waals surface area (Å²) in [5, 5.41) is 11.2. The topological polar surface area (TPSA) is 166 Å². The molecule has 1 aromatic carbocycles. The Labute approximate surface area is 178 Å². The average molecular weight is 454 g/mol. The van der Waals surface area contributed by atoms with Crippen molar-refractivity contribution < 1.29 is 31.8 Å². The van der Waals surface area contributed by atoms with E-state index in [0.29, 0.717) is 0 Å². The zero-order chi connectivity index (χ0) is 22.9. The molecule has 2 heterocycles. The van der Waals surface area contributed by atoms with Crippen LogP contribution in [-0.4, -0.2) is 54.4 Å². The summed E-state index contributed by atoms with van der Waals surface area (Å²) in [6, 6.07) is 4.97. The summed E-state index contributed by atoms with van der Waals surface area (Å²) < 4.78 is 43.2. The molecule has 1 aromatic heterocycles. The smallest absolute Gasteiger partial charge is 0.390 e. The molecule has 168 valence electrons. The number of amides is 1. The quantitative estimate of drug-likeness (QED) is 0.348. The van der Waals surface area contributed by atoms with Crippen LogP contribution in [0.5, 0.6) is 0 Å². The number of benzene rings is 1. The van der Waals surface area contributed by atoms with E-state index < -0.39 is 38.1 Å². The minimum absolute atomic E-state index is 0.0183. The van der Waals surface area contributed by atoms with Crippen LogP contribution in [0.2, 0.25) is 0 Å². The minimum atomic E-state index is -4.20. The van der Waals surface area contributed by atoms with E-state index in [1.54, 1.807) is 13.8 Å². The maximum Gasteiger partial charge on any atom is 0.434 e. The zero-order valence-electron chi connectivity index (χ0n) is 16.9. The van der Waals surface area contributed by atoms with Gasteiger partial charge in [-0.25, -0.2) is 4.57 Å². The molecule has 2 aromatic rings. The number of nitrogens with two attached hydrogens (primary N) is 1. The molecule has 0 saturated carbocycles. The second-order valence-corrected chi connectivity index (χ2v) is 9.31. The van der Waals surface area contributed by atoms with Gasteiger partial charge in [-0.3, -0.25) is 8.98 Å². The molecule has 2 N–H and O–H groups in total. The number of primary amides is 1. The third-order valence-corrected chi connectivity index (χ3v) is 6.04. The first-order valence-electron chi connectivity index (χ1n) is 9.16. The normalized spacial score (nSPS) is 17.9. The van der Waals surface area contributed by atoms with E-state index in [1.807, 2.05) is 0 Å². The first kappa shape index (κ1) is 22.8. The standard InChI is InChI=1S/C18H22N4O8S/c1-17(2)28-10-18(11-29-17,9-21-8-7-20-16(21)22(24)25)12-30-31(26,27)14-5-3-13(4-6-14)15(19)23/h3-8H,9-12H2,1-2H3,(H2,19,23). The van der Waals surface area contributed by atoms with E-state index in [9.17, 15) is 23.3 Å². The second-order valence-electron chi connectivity index (χ2n) is 7.69. The van der Waals surface area contributed by atoms with E-state index in [4.69, 9.17) is 19.4 Å². The Morgan fingerprint density at radius 1 is 1.29 bits per heavy atom. The number of carbonyl (C=O) groups is 1. The van der Waals surface area contributed by atoms with Gasteiger partial charge in [-0.05, 0) is 43.0 Å². The molecule has 31 heavy (non-hydrogen) atoms. The van der Waals surface area contributed by atoms with E-state index in [2.05, 4.69) is 4.98 Å². The molecule has 3 rings (SSSR count). The highest BCUT2D eigenvalue weighted by Crippen LogP contribution is 2.33. The van der Waals surface area contributed by atoms with Gasteiger partial charge in [0.2, 0.25) is 5.91 Å². The van der Waals surface area contributed by atoms with Crippen LogP contribution in [0.15, 0.2) is 41.6 Å². The van der Waals surface area contributed by atoms with E-state index >= 15 is 0 Å². The van der Waals surface area contributed by atoms with Crippen molar-refractivity contribution in [1.29, 1.82) is 0 Å². The highest BCUT2D eigenvalue weighted by Gasteiger charge is 2.44. The summed E-state index contributed by atoms with van der Waals surface area (Å²) in [6.45, 7) is 3.09. The molecule has 13 heteroatoms. The fourth-order valence-electron chi connectivity index (χ4n) is 2.97. The first-order valence-corrected chi connectivity index (χ1v) is 10.6. The van der Waals surface area contributed by atoms with Crippen LogP contribution in [0, 0.1) is 15.5 Å². The lowest BCUT2D eigenvalue weighted by Crippen LogP contribution is -2.51. The van der Waals surface area contributed by atoms with Crippen LogP contribution >= 0.6 is 0 Å². The van der Waals surface area contributed by atoms with Crippen LogP contribution in [0.3, 0.4) is 0 Å². The van der Waals surface area contributed by atoms with Gasteiger partial charge in [0.15, 0.2) is 5.79 Å². The molecule has 0 aliphatic carbocycles. The number of carbonyl (C=O) groups excluding carboxylic acids is 1. The number of ether oxygens (including phenoxy) is 2. The van der Waals surface area contributed by atoms with Crippen molar-refractivity contribution in [2.75, 3.05) is 19.8 Å². The molecule has 1 fully saturated rings. The number of imidazole rings is 1. The van der Waals surface area contributed by atoms with Gasteiger partial charge in [-0.2, -0.15) is 8.42 Å². The van der Waals surface area contributed by atoms with E-state index in [0.717, 1.165) is 0 Å². The number of hydrogen-bond acceptors (Lipinski definition) is 9. The summed E-state index contributed by atoms with van der Waals surface area (Å²) in [7, 11) is -4.20. The molecule has 1 aliphatic rings. The molecule has 0 radical (unpaired) electrons. The Hall–Kier alpha value is -2.87. The van der Waals surface area contributed by atoms with E-state index in [-0.39, 0.29) is 36.8 Å². The molecular weight excluding hydrogens is 432 g/mol. The van der Waals surface area contributed by atoms with Gasteiger partial charge >= 0.3 is 5.95 Å². The van der Waals surface area contributed by atoms with Gasteiger partial charge in [0.05, 0.1) is 36.7 Å². The monoisotopic (exact) mass is 454 g/mol. The molecule has 1 saturated heterocycles. The number of rotatable bonds is 8. The highest BCUT2D eigenvalue weighted by molar-refractivity contribution is 7.86. The van der Waals surface area contributed by atoms with Gasteiger partial charge in [0, 0.05) is 5.56 Å². The fraction of sp³-hybridized carbons (Fsp3) is 0.444. The van der Waals surface area contributed by atoms with Crippen molar-refractivity contribution in [1.82, 2.24) is 9.55 Å². The van der Waals surface area contributed by atoms with Crippen molar-refractivity contribution in [3.63, 3.8) is 0 Å². The summed E-state index contributed by atoms with van der Waals surface area (Å²) in [5.74, 6) is -1.98. The van der Waals surface area contributed by atoms with Crippen LogP contribution in [0.25, 0.3) is 0 Å². The Kier molecular flexibility index (Phi) is 6.14. The summed E-state index contributed by atoms with van der Waals surface area (Å²) in [4.78, 5) is 25.3. The molecule has 1 amide bonds. The fourth-order valence-corrected chi connectivity index (χ4v) is 3.98. The predicted octanol–water partition coefficient (Wildman–Crippen LogP) is 1.06. The molecule has 1 aliphatic heterocycles. The number of aromatic nitrogens is 2. The van der Waals surface area contributed by atoms with Gasteiger partial charge in [0.25, 0.3) is 10.1 Å². The number of nitrogens with zero attached hydrogens (tertiary/aromatic N) is 3. The summed E-state index contributed by atoms with van der Waals surface area (Å²) in [5.41, 5.74) is 4.27. The van der Waals surface area contributed by atoms with Gasteiger partial charge in [0.1, 0.15) is 12.4 Å². The Morgan fingerprint density at radius 2 is 1.90 bits per heavy atom. The lowest BCUT2D eigenvalue weighted by Gasteiger charge is -2.42. The molecule has 0 bridgehead atoms. The van der Waals surface area contributed by atoms with Gasteiger partial charge < -0.3 is 25.3 Å². The zero-order valence-corrected chi connectivity index (χ0v) is 17.7. The summed E-state index contributed by atoms with van der Waals surface area (Å²) >= 11 is 0. The lowest BCUT2D eigenvalue weighted by atomic mass is 9.89. The largest absolute Gasteiger partial charge is 0.434 e. The molecular formula is C18H22N4O8S. The van der Waals surface area contributed by atoms with Crippen molar-refractivity contribution in [2.24, 2.45) is 11.1 Å². The summed E-state index contributed by atoms with van der Waals surface area (Å²) in [6.07, 6.45) is 2.69. The second kappa shape index (κ2) is 8.34.